The summed E-state index contributed by atoms with van der Waals surface area (Å²) in [5, 5.41) is 12.2. The molecule has 2 rings (SSSR count). The van der Waals surface area contributed by atoms with Crippen LogP contribution in [-0.4, -0.2) is 28.5 Å². The molecule has 10 heteroatoms. The third-order valence-corrected chi connectivity index (χ3v) is 3.42. The van der Waals surface area contributed by atoms with E-state index in [4.69, 9.17) is 9.52 Å². The molecular weight excluding hydrogens is 325 g/mol. The van der Waals surface area contributed by atoms with Gasteiger partial charge in [0.05, 0.1) is 5.01 Å². The predicted octanol–water partition coefficient (Wildman–Crippen LogP) is 2.43. The Kier molecular flexibility index (Phi) is 4.50. The van der Waals surface area contributed by atoms with E-state index in [1.807, 2.05) is 0 Å². The predicted molar refractivity (Wildman–Crippen MR) is 68.8 cm³/mol. The van der Waals surface area contributed by atoms with Gasteiger partial charge in [-0.3, -0.25) is 4.79 Å². The Bertz CT molecular complexity index is 693. The van der Waals surface area contributed by atoms with Crippen LogP contribution in [0.4, 0.5) is 13.2 Å². The molecule has 0 fully saturated rings. The van der Waals surface area contributed by atoms with Crippen LogP contribution in [0.2, 0.25) is 0 Å². The number of thiazole rings is 1. The number of hydrogen-bond donors (Lipinski definition) is 2. The Morgan fingerprint density at radius 2 is 2.00 bits per heavy atom. The lowest BCUT2D eigenvalue weighted by Gasteiger charge is -2.02. The highest BCUT2D eigenvalue weighted by Crippen LogP contribution is 2.29. The first-order valence-corrected chi connectivity index (χ1v) is 6.78. The average Bonchev–Trinajstić information content (AvgIpc) is 3.07. The van der Waals surface area contributed by atoms with E-state index in [9.17, 15) is 22.8 Å². The van der Waals surface area contributed by atoms with Crippen LogP contribution in [0.5, 0.6) is 0 Å². The lowest BCUT2D eigenvalue weighted by Crippen LogP contribution is -2.25. The smallest absolute Gasteiger partial charge is 0.434 e. The molecule has 0 atom stereocenters. The van der Waals surface area contributed by atoms with Crippen LogP contribution in [0, 0.1) is 0 Å². The van der Waals surface area contributed by atoms with Gasteiger partial charge >= 0.3 is 12.1 Å². The summed E-state index contributed by atoms with van der Waals surface area (Å²) < 4.78 is 41.8. The number of aromatic nitrogens is 1. The quantitative estimate of drug-likeness (QED) is 0.876. The third kappa shape index (κ3) is 3.85. The summed E-state index contributed by atoms with van der Waals surface area (Å²) in [6.07, 6.45) is -4.36. The maximum atomic E-state index is 12.4. The summed E-state index contributed by atoms with van der Waals surface area (Å²) in [7, 11) is 0. The van der Waals surface area contributed by atoms with Crippen LogP contribution in [-0.2, 0) is 12.6 Å². The molecule has 0 saturated carbocycles. The minimum Gasteiger partial charge on any atom is -0.475 e. The summed E-state index contributed by atoms with van der Waals surface area (Å²) in [4.78, 5) is 25.7. The number of aromatic carboxylic acids is 1. The lowest BCUT2D eigenvalue weighted by atomic mass is 10.4. The van der Waals surface area contributed by atoms with Gasteiger partial charge in [-0.25, -0.2) is 9.78 Å². The fourth-order valence-electron chi connectivity index (χ4n) is 1.50. The number of amides is 1. The van der Waals surface area contributed by atoms with Crippen molar-refractivity contribution in [2.45, 2.75) is 12.6 Å². The molecule has 0 unspecified atom stereocenters. The number of furan rings is 1. The number of nitrogens with zero attached hydrogens (tertiary/aromatic N) is 1. The van der Waals surface area contributed by atoms with Gasteiger partial charge in [0, 0.05) is 18.3 Å². The molecule has 2 heterocycles. The van der Waals surface area contributed by atoms with E-state index in [1.54, 1.807) is 0 Å². The van der Waals surface area contributed by atoms with Crippen LogP contribution < -0.4 is 5.32 Å². The highest BCUT2D eigenvalue weighted by Gasteiger charge is 2.33. The lowest BCUT2D eigenvalue weighted by molar-refractivity contribution is -0.140. The van der Waals surface area contributed by atoms with Crippen LogP contribution >= 0.6 is 11.3 Å². The zero-order valence-corrected chi connectivity index (χ0v) is 11.6. The molecule has 0 aliphatic heterocycles. The molecule has 0 aromatic carbocycles. The standard InChI is InChI=1S/C12H9F3N2O4S/c13-12(14,15)8-5-22-9(17-8)3-4-16-10(18)6-1-2-7(21-6)11(19)20/h1-2,5H,3-4H2,(H,16,18)(H,19,20). The first-order valence-electron chi connectivity index (χ1n) is 5.90. The van der Waals surface area contributed by atoms with Crippen molar-refractivity contribution < 1.29 is 32.3 Å². The van der Waals surface area contributed by atoms with Crippen molar-refractivity contribution in [3.05, 3.63) is 39.7 Å². The van der Waals surface area contributed by atoms with Gasteiger partial charge in [0.25, 0.3) is 5.91 Å². The van der Waals surface area contributed by atoms with Gasteiger partial charge in [-0.05, 0) is 12.1 Å². The molecular formula is C12H9F3N2O4S. The molecule has 0 bridgehead atoms. The van der Waals surface area contributed by atoms with E-state index in [2.05, 4.69) is 10.3 Å². The van der Waals surface area contributed by atoms with Gasteiger partial charge in [-0.2, -0.15) is 13.2 Å². The largest absolute Gasteiger partial charge is 0.475 e. The van der Waals surface area contributed by atoms with Gasteiger partial charge < -0.3 is 14.8 Å². The second kappa shape index (κ2) is 6.18. The van der Waals surface area contributed by atoms with Gasteiger partial charge in [0.1, 0.15) is 0 Å². The summed E-state index contributed by atoms with van der Waals surface area (Å²) >= 11 is 0.848. The second-order valence-corrected chi connectivity index (χ2v) is 5.04. The Labute approximate surface area is 125 Å². The third-order valence-electron chi connectivity index (χ3n) is 2.51. The molecule has 2 N–H and O–H groups in total. The van der Waals surface area contributed by atoms with Gasteiger partial charge in [-0.1, -0.05) is 0 Å². The Hall–Kier alpha value is -2.36. The number of carbonyl (C=O) groups is 2. The van der Waals surface area contributed by atoms with Crippen molar-refractivity contribution in [2.24, 2.45) is 0 Å². The van der Waals surface area contributed by atoms with Gasteiger partial charge in [-0.15, -0.1) is 11.3 Å². The van der Waals surface area contributed by atoms with Gasteiger partial charge in [0.2, 0.25) is 5.76 Å². The highest BCUT2D eigenvalue weighted by molar-refractivity contribution is 7.09. The number of alkyl halides is 3. The molecule has 1 amide bonds. The van der Waals surface area contributed by atoms with Crippen LogP contribution in [0.3, 0.4) is 0 Å². The molecule has 0 aliphatic rings. The Morgan fingerprint density at radius 1 is 1.32 bits per heavy atom. The molecule has 22 heavy (non-hydrogen) atoms. The second-order valence-electron chi connectivity index (χ2n) is 4.10. The van der Waals surface area contributed by atoms with E-state index in [1.165, 1.54) is 6.07 Å². The fraction of sp³-hybridized carbons (Fsp3) is 0.250. The Balaban J connectivity index is 1.86. The zero-order chi connectivity index (χ0) is 16.3. The number of hydrogen-bond acceptors (Lipinski definition) is 5. The summed E-state index contributed by atoms with van der Waals surface area (Å²) in [5.41, 5.74) is -0.962. The minimum absolute atomic E-state index is 0.0484. The summed E-state index contributed by atoms with van der Waals surface area (Å²) in [6.45, 7) is 0.0484. The number of carboxylic acid groups (broad SMARTS) is 1. The molecule has 0 radical (unpaired) electrons. The number of rotatable bonds is 5. The normalized spacial score (nSPS) is 11.4. The first kappa shape index (κ1) is 16.0. The summed E-state index contributed by atoms with van der Waals surface area (Å²) in [5.74, 6) is -2.52. The average molecular weight is 334 g/mol. The molecule has 0 saturated heterocycles. The number of halogens is 3. The topological polar surface area (TPSA) is 92.4 Å². The molecule has 0 aliphatic carbocycles. The number of nitrogens with one attached hydrogen (secondary N) is 1. The van der Waals surface area contributed by atoms with Crippen molar-refractivity contribution >= 4 is 23.2 Å². The fourth-order valence-corrected chi connectivity index (χ4v) is 2.31. The van der Waals surface area contributed by atoms with Crippen LogP contribution in [0.25, 0.3) is 0 Å². The zero-order valence-electron chi connectivity index (χ0n) is 10.8. The molecule has 6 nitrogen and oxygen atoms in total. The number of carboxylic acids is 1. The molecule has 2 aromatic heterocycles. The maximum Gasteiger partial charge on any atom is 0.434 e. The van der Waals surface area contributed by atoms with E-state index >= 15 is 0 Å². The molecule has 2 aromatic rings. The van der Waals surface area contributed by atoms with Crippen molar-refractivity contribution in [1.82, 2.24) is 10.3 Å². The minimum atomic E-state index is -4.49. The van der Waals surface area contributed by atoms with Crippen molar-refractivity contribution in [1.29, 1.82) is 0 Å². The SMILES string of the molecule is O=C(O)c1ccc(C(=O)NCCc2nc(C(F)(F)F)cs2)o1. The van der Waals surface area contributed by atoms with Crippen molar-refractivity contribution in [3.63, 3.8) is 0 Å². The van der Waals surface area contributed by atoms with E-state index in [-0.39, 0.29) is 29.5 Å². The molecule has 118 valence electrons. The monoisotopic (exact) mass is 334 g/mol. The van der Waals surface area contributed by atoms with Crippen molar-refractivity contribution in [2.75, 3.05) is 6.54 Å². The number of carbonyl (C=O) groups excluding carboxylic acids is 1. The maximum absolute atomic E-state index is 12.4. The highest BCUT2D eigenvalue weighted by atomic mass is 32.1. The summed E-state index contributed by atoms with van der Waals surface area (Å²) in [6, 6.07) is 2.33. The van der Waals surface area contributed by atoms with E-state index in [0.717, 1.165) is 22.8 Å². The van der Waals surface area contributed by atoms with Crippen molar-refractivity contribution in [3.8, 4) is 0 Å². The molecule has 0 spiro atoms. The van der Waals surface area contributed by atoms with Gasteiger partial charge in [0.15, 0.2) is 11.5 Å². The first-order chi connectivity index (χ1) is 10.3. The van der Waals surface area contributed by atoms with Crippen LogP contribution in [0.15, 0.2) is 21.9 Å². The van der Waals surface area contributed by atoms with E-state index in [0.29, 0.717) is 0 Å². The van der Waals surface area contributed by atoms with E-state index < -0.39 is 23.7 Å². The van der Waals surface area contributed by atoms with Crippen LogP contribution in [0.1, 0.15) is 31.8 Å². The Morgan fingerprint density at radius 3 is 2.55 bits per heavy atom.